The van der Waals surface area contributed by atoms with Crippen molar-refractivity contribution in [3.63, 3.8) is 0 Å². The number of ether oxygens (including phenoxy) is 1. The van der Waals surface area contributed by atoms with Crippen LogP contribution in [0, 0.1) is 0 Å². The topological polar surface area (TPSA) is 38.8 Å². The molecule has 0 fully saturated rings. The number of carbonyl (C=O) groups is 1. The van der Waals surface area contributed by atoms with E-state index in [0.717, 1.165) is 25.1 Å². The first kappa shape index (κ1) is 17.2. The summed E-state index contributed by atoms with van der Waals surface area (Å²) in [6, 6.07) is 0. The summed E-state index contributed by atoms with van der Waals surface area (Å²) in [6.45, 7) is 15.6. The molecule has 0 bridgehead atoms. The highest BCUT2D eigenvalue weighted by Gasteiger charge is 2.27. The largest absolute Gasteiger partial charge is 0.443 e. The molecule has 0 unspecified atom stereocenters. The summed E-state index contributed by atoms with van der Waals surface area (Å²) in [7, 11) is -1.53. The molecule has 4 nitrogen and oxygen atoms in total. The van der Waals surface area contributed by atoms with Gasteiger partial charge in [0, 0.05) is 12.2 Å². The minimum absolute atomic E-state index is 0.250. The van der Waals surface area contributed by atoms with Gasteiger partial charge in [-0.2, -0.15) is 0 Å². The summed E-state index contributed by atoms with van der Waals surface area (Å²) in [5, 5.41) is 0. The van der Waals surface area contributed by atoms with Gasteiger partial charge in [-0.05, 0) is 65.8 Å². The molecule has 0 spiro atoms. The summed E-state index contributed by atoms with van der Waals surface area (Å²) in [6.07, 6.45) is 1.73. The Morgan fingerprint density at radius 3 is 2.40 bits per heavy atom. The fourth-order valence-electron chi connectivity index (χ4n) is 2.02. The molecule has 0 atom stereocenters. The van der Waals surface area contributed by atoms with Gasteiger partial charge < -0.3 is 9.16 Å². The quantitative estimate of drug-likeness (QED) is 0.735. The van der Waals surface area contributed by atoms with E-state index in [4.69, 9.17) is 9.16 Å². The molecule has 0 aromatic carbocycles. The minimum atomic E-state index is -1.53. The Hall–Kier alpha value is -0.813. The number of rotatable bonds is 3. The van der Waals surface area contributed by atoms with Crippen LogP contribution >= 0.6 is 0 Å². The summed E-state index contributed by atoms with van der Waals surface area (Å²) >= 11 is 0. The fraction of sp³-hybridized carbons (Fsp3) is 0.800. The zero-order valence-electron chi connectivity index (χ0n) is 14.0. The molecule has 20 heavy (non-hydrogen) atoms. The van der Waals surface area contributed by atoms with Gasteiger partial charge in [-0.3, -0.25) is 4.90 Å². The molecular weight excluding hydrogens is 270 g/mol. The number of nitrogens with zero attached hydrogens (tertiary/aromatic N) is 1. The zero-order valence-corrected chi connectivity index (χ0v) is 15.0. The summed E-state index contributed by atoms with van der Waals surface area (Å²) in [4.78, 5) is 14.0. The van der Waals surface area contributed by atoms with Crippen molar-refractivity contribution in [3.8, 4) is 0 Å². The Bertz CT molecular complexity index is 391. The lowest BCUT2D eigenvalue weighted by molar-refractivity contribution is 0.0298. The lowest BCUT2D eigenvalue weighted by Crippen LogP contribution is -2.39. The average molecular weight is 299 g/mol. The van der Waals surface area contributed by atoms with Crippen LogP contribution in [0.2, 0.25) is 19.6 Å². The van der Waals surface area contributed by atoms with E-state index < -0.39 is 13.9 Å². The molecule has 1 aliphatic rings. The molecule has 0 aromatic heterocycles. The molecule has 116 valence electrons. The van der Waals surface area contributed by atoms with Crippen molar-refractivity contribution in [2.24, 2.45) is 0 Å². The number of hydrogen-bond donors (Lipinski definition) is 0. The second kappa shape index (κ2) is 6.31. The summed E-state index contributed by atoms with van der Waals surface area (Å²) in [5.41, 5.74) is 1.78. The molecule has 0 aromatic rings. The Kier molecular flexibility index (Phi) is 5.44. The van der Waals surface area contributed by atoms with Crippen LogP contribution < -0.4 is 0 Å². The van der Waals surface area contributed by atoms with E-state index in [2.05, 4.69) is 19.6 Å². The molecule has 1 amide bonds. The van der Waals surface area contributed by atoms with Crippen LogP contribution in [0.15, 0.2) is 11.3 Å². The Morgan fingerprint density at radius 1 is 1.30 bits per heavy atom. The highest BCUT2D eigenvalue weighted by Crippen LogP contribution is 2.25. The maximum absolute atomic E-state index is 12.2. The van der Waals surface area contributed by atoms with Crippen LogP contribution in [0.5, 0.6) is 0 Å². The third-order valence-corrected chi connectivity index (χ3v) is 4.08. The van der Waals surface area contributed by atoms with Crippen molar-refractivity contribution in [2.75, 3.05) is 13.2 Å². The van der Waals surface area contributed by atoms with Crippen LogP contribution in [-0.4, -0.2) is 38.1 Å². The predicted molar refractivity (Wildman–Crippen MR) is 84.2 cm³/mol. The fourth-order valence-corrected chi connectivity index (χ4v) is 2.62. The molecule has 1 rings (SSSR count). The second-order valence-corrected chi connectivity index (χ2v) is 11.8. The van der Waals surface area contributed by atoms with Crippen molar-refractivity contribution >= 4 is 14.4 Å². The Balaban J connectivity index is 2.76. The van der Waals surface area contributed by atoms with Crippen molar-refractivity contribution in [1.82, 2.24) is 4.90 Å². The number of hydrogen-bond acceptors (Lipinski definition) is 3. The predicted octanol–water partition coefficient (Wildman–Crippen LogP) is 4.14. The molecule has 0 saturated carbocycles. The van der Waals surface area contributed by atoms with E-state index in [1.165, 1.54) is 5.57 Å². The molecule has 0 saturated heterocycles. The van der Waals surface area contributed by atoms with Gasteiger partial charge in [0.1, 0.15) is 5.60 Å². The number of carbonyl (C=O) groups excluding carboxylic acids is 1. The minimum Gasteiger partial charge on any atom is -0.443 e. The van der Waals surface area contributed by atoms with Crippen molar-refractivity contribution < 1.29 is 14.0 Å². The van der Waals surface area contributed by atoms with Crippen LogP contribution in [0.25, 0.3) is 0 Å². The third kappa shape index (κ3) is 5.67. The highest BCUT2D eigenvalue weighted by molar-refractivity contribution is 6.69. The van der Waals surface area contributed by atoms with Gasteiger partial charge in [-0.25, -0.2) is 4.79 Å². The standard InChI is InChI=1S/C15H29NO3Si/c1-12-13(11-18-20(5,6)7)9-8-10-16(12)14(17)19-15(2,3)4/h8-11H2,1-7H3. The van der Waals surface area contributed by atoms with Crippen LogP contribution in [0.1, 0.15) is 40.5 Å². The molecule has 0 radical (unpaired) electrons. The lowest BCUT2D eigenvalue weighted by atomic mass is 10.0. The normalized spacial score (nSPS) is 17.4. The highest BCUT2D eigenvalue weighted by atomic mass is 28.4. The van der Waals surface area contributed by atoms with Gasteiger partial charge in [0.25, 0.3) is 0 Å². The van der Waals surface area contributed by atoms with Gasteiger partial charge in [0.05, 0.1) is 6.61 Å². The molecule has 1 aliphatic heterocycles. The molecule has 1 heterocycles. The van der Waals surface area contributed by atoms with Gasteiger partial charge in [-0.15, -0.1) is 0 Å². The molecule has 0 aliphatic carbocycles. The van der Waals surface area contributed by atoms with Crippen LogP contribution in [-0.2, 0) is 9.16 Å². The SMILES string of the molecule is CC1=C(CO[Si](C)(C)C)CCCN1C(=O)OC(C)(C)C. The second-order valence-electron chi connectivity index (χ2n) is 7.33. The zero-order chi connectivity index (χ0) is 15.6. The Morgan fingerprint density at radius 2 is 1.90 bits per heavy atom. The maximum atomic E-state index is 12.2. The van der Waals surface area contributed by atoms with E-state index in [1.807, 2.05) is 27.7 Å². The number of allylic oxidation sites excluding steroid dienone is 1. The molecule has 0 N–H and O–H groups in total. The van der Waals surface area contributed by atoms with Crippen LogP contribution in [0.3, 0.4) is 0 Å². The van der Waals surface area contributed by atoms with E-state index in [-0.39, 0.29) is 6.09 Å². The summed E-state index contributed by atoms with van der Waals surface area (Å²) < 4.78 is 11.4. The van der Waals surface area contributed by atoms with Crippen molar-refractivity contribution in [2.45, 2.75) is 65.8 Å². The monoisotopic (exact) mass is 299 g/mol. The van der Waals surface area contributed by atoms with Crippen molar-refractivity contribution in [3.05, 3.63) is 11.3 Å². The van der Waals surface area contributed by atoms with E-state index in [1.54, 1.807) is 4.90 Å². The van der Waals surface area contributed by atoms with Gasteiger partial charge in [0.2, 0.25) is 0 Å². The van der Waals surface area contributed by atoms with Gasteiger partial charge in [0.15, 0.2) is 8.32 Å². The summed E-state index contributed by atoms with van der Waals surface area (Å²) in [5.74, 6) is 0. The van der Waals surface area contributed by atoms with Gasteiger partial charge >= 0.3 is 6.09 Å². The van der Waals surface area contributed by atoms with Crippen LogP contribution in [0.4, 0.5) is 4.79 Å². The van der Waals surface area contributed by atoms with E-state index in [0.29, 0.717) is 6.61 Å². The number of amides is 1. The molecular formula is C15H29NO3Si. The van der Waals surface area contributed by atoms with E-state index in [9.17, 15) is 4.79 Å². The lowest BCUT2D eigenvalue weighted by Gasteiger charge is -2.33. The van der Waals surface area contributed by atoms with Gasteiger partial charge in [-0.1, -0.05) is 0 Å². The van der Waals surface area contributed by atoms with E-state index >= 15 is 0 Å². The Labute approximate surface area is 124 Å². The first-order valence-corrected chi connectivity index (χ1v) is 10.7. The maximum Gasteiger partial charge on any atom is 0.414 e. The first-order chi connectivity index (χ1) is 8.99. The first-order valence-electron chi connectivity index (χ1n) is 7.33. The molecule has 5 heteroatoms. The van der Waals surface area contributed by atoms with Crippen molar-refractivity contribution in [1.29, 1.82) is 0 Å². The third-order valence-electron chi connectivity index (χ3n) is 3.07. The average Bonchev–Trinajstić information content (AvgIpc) is 2.24. The smallest absolute Gasteiger partial charge is 0.414 e.